The van der Waals surface area contributed by atoms with Crippen LogP contribution in [0.3, 0.4) is 0 Å². The van der Waals surface area contributed by atoms with E-state index < -0.39 is 0 Å². The molecule has 1 unspecified atom stereocenters. The Labute approximate surface area is 111 Å². The summed E-state index contributed by atoms with van der Waals surface area (Å²) in [5.74, 6) is 0.923. The molecule has 2 heteroatoms. The Morgan fingerprint density at radius 3 is 2.83 bits per heavy atom. The first-order chi connectivity index (χ1) is 8.81. The first kappa shape index (κ1) is 13.5. The van der Waals surface area contributed by atoms with E-state index >= 15 is 0 Å². The average Bonchev–Trinajstić information content (AvgIpc) is 2.88. The minimum absolute atomic E-state index is 0.524. The molecule has 1 aromatic heterocycles. The summed E-state index contributed by atoms with van der Waals surface area (Å²) in [6.07, 6.45) is 12.1. The van der Waals surface area contributed by atoms with Crippen LogP contribution in [0.1, 0.15) is 62.6 Å². The molecule has 0 amide bonds. The fourth-order valence-electron chi connectivity index (χ4n) is 3.09. The fourth-order valence-corrected chi connectivity index (χ4v) is 3.09. The quantitative estimate of drug-likeness (QED) is 0.820. The zero-order chi connectivity index (χ0) is 12.8. The third kappa shape index (κ3) is 3.55. The molecule has 18 heavy (non-hydrogen) atoms. The number of pyridine rings is 1. The molecular weight excluding hydrogens is 220 g/mol. The third-order valence-corrected chi connectivity index (χ3v) is 4.12. The van der Waals surface area contributed by atoms with Crippen LogP contribution in [0.2, 0.25) is 0 Å². The number of aryl methyl sites for hydroxylation is 1. The molecule has 0 aromatic carbocycles. The summed E-state index contributed by atoms with van der Waals surface area (Å²) in [6, 6.07) is 2.72. The van der Waals surface area contributed by atoms with Gasteiger partial charge in [-0.1, -0.05) is 32.6 Å². The van der Waals surface area contributed by atoms with Gasteiger partial charge in [-0.15, -0.1) is 0 Å². The van der Waals surface area contributed by atoms with E-state index in [4.69, 9.17) is 0 Å². The van der Waals surface area contributed by atoms with Crippen molar-refractivity contribution in [2.75, 3.05) is 6.54 Å². The fraction of sp³-hybridized carbons (Fsp3) is 0.688. The SMILES string of the molecule is CCCNC(CC1CCCC1)c1ccncc1C. The molecule has 1 aromatic rings. The standard InChI is InChI=1S/C16H26N2/c1-3-9-18-16(11-14-6-4-5-7-14)15-8-10-17-12-13(15)2/h8,10,12,14,16,18H,3-7,9,11H2,1-2H3. The number of nitrogens with one attached hydrogen (secondary N) is 1. The van der Waals surface area contributed by atoms with E-state index in [0.29, 0.717) is 6.04 Å². The maximum absolute atomic E-state index is 4.21. The van der Waals surface area contributed by atoms with Gasteiger partial charge in [-0.25, -0.2) is 0 Å². The Morgan fingerprint density at radius 2 is 2.17 bits per heavy atom. The van der Waals surface area contributed by atoms with Crippen LogP contribution in [0, 0.1) is 12.8 Å². The molecule has 0 radical (unpaired) electrons. The minimum atomic E-state index is 0.524. The maximum Gasteiger partial charge on any atom is 0.0326 e. The van der Waals surface area contributed by atoms with Crippen LogP contribution >= 0.6 is 0 Å². The van der Waals surface area contributed by atoms with Gasteiger partial charge in [-0.2, -0.15) is 0 Å². The van der Waals surface area contributed by atoms with Gasteiger partial charge in [0.15, 0.2) is 0 Å². The molecule has 0 spiro atoms. The smallest absolute Gasteiger partial charge is 0.0326 e. The monoisotopic (exact) mass is 246 g/mol. The van der Waals surface area contributed by atoms with Crippen molar-refractivity contribution >= 4 is 0 Å². The lowest BCUT2D eigenvalue weighted by Gasteiger charge is -2.23. The van der Waals surface area contributed by atoms with Crippen LogP contribution in [-0.4, -0.2) is 11.5 Å². The molecule has 1 fully saturated rings. The van der Waals surface area contributed by atoms with E-state index in [9.17, 15) is 0 Å². The number of hydrogen-bond acceptors (Lipinski definition) is 2. The second-order valence-electron chi connectivity index (χ2n) is 5.63. The third-order valence-electron chi connectivity index (χ3n) is 4.12. The zero-order valence-electron chi connectivity index (χ0n) is 11.8. The largest absolute Gasteiger partial charge is 0.310 e. The predicted molar refractivity (Wildman–Crippen MR) is 76.6 cm³/mol. The van der Waals surface area contributed by atoms with Crippen molar-refractivity contribution < 1.29 is 0 Å². The van der Waals surface area contributed by atoms with Crippen LogP contribution in [0.25, 0.3) is 0 Å². The van der Waals surface area contributed by atoms with Crippen LogP contribution < -0.4 is 5.32 Å². The van der Waals surface area contributed by atoms with Crippen molar-refractivity contribution in [3.05, 3.63) is 29.6 Å². The Balaban J connectivity index is 2.06. The summed E-state index contributed by atoms with van der Waals surface area (Å²) in [6.45, 7) is 5.52. The molecular formula is C16H26N2. The molecule has 0 bridgehead atoms. The predicted octanol–water partition coefficient (Wildman–Crippen LogP) is 4.01. The molecule has 0 aliphatic heterocycles. The normalized spacial score (nSPS) is 18.1. The van der Waals surface area contributed by atoms with Gasteiger partial charge in [-0.3, -0.25) is 4.98 Å². The molecule has 1 aliphatic carbocycles. The summed E-state index contributed by atoms with van der Waals surface area (Å²) in [5, 5.41) is 3.73. The number of nitrogens with zero attached hydrogens (tertiary/aromatic N) is 1. The van der Waals surface area contributed by atoms with Gasteiger partial charge >= 0.3 is 0 Å². The molecule has 1 N–H and O–H groups in total. The highest BCUT2D eigenvalue weighted by molar-refractivity contribution is 5.25. The van der Waals surface area contributed by atoms with Gasteiger partial charge in [0.25, 0.3) is 0 Å². The molecule has 1 saturated carbocycles. The van der Waals surface area contributed by atoms with Gasteiger partial charge in [0.05, 0.1) is 0 Å². The first-order valence-electron chi connectivity index (χ1n) is 7.45. The van der Waals surface area contributed by atoms with Crippen LogP contribution in [0.5, 0.6) is 0 Å². The van der Waals surface area contributed by atoms with Crippen LogP contribution in [0.15, 0.2) is 18.5 Å². The number of rotatable bonds is 6. The molecule has 100 valence electrons. The Kier molecular flexibility index (Phi) is 5.18. The zero-order valence-corrected chi connectivity index (χ0v) is 11.8. The van der Waals surface area contributed by atoms with Crippen molar-refractivity contribution in [3.8, 4) is 0 Å². The number of aromatic nitrogens is 1. The van der Waals surface area contributed by atoms with E-state index in [-0.39, 0.29) is 0 Å². The van der Waals surface area contributed by atoms with E-state index in [0.717, 1.165) is 12.5 Å². The van der Waals surface area contributed by atoms with Gasteiger partial charge in [0.1, 0.15) is 0 Å². The van der Waals surface area contributed by atoms with Gasteiger partial charge in [-0.05, 0) is 49.4 Å². The Hall–Kier alpha value is -0.890. The summed E-state index contributed by atoms with van der Waals surface area (Å²) < 4.78 is 0. The van der Waals surface area contributed by atoms with Crippen molar-refractivity contribution in [2.24, 2.45) is 5.92 Å². The Morgan fingerprint density at radius 1 is 1.39 bits per heavy atom. The second kappa shape index (κ2) is 6.89. The van der Waals surface area contributed by atoms with Crippen LogP contribution in [-0.2, 0) is 0 Å². The highest BCUT2D eigenvalue weighted by atomic mass is 14.9. The summed E-state index contributed by atoms with van der Waals surface area (Å²) >= 11 is 0. The van der Waals surface area contributed by atoms with E-state index in [2.05, 4.69) is 30.2 Å². The first-order valence-corrected chi connectivity index (χ1v) is 7.45. The number of hydrogen-bond donors (Lipinski definition) is 1. The van der Waals surface area contributed by atoms with Gasteiger partial charge < -0.3 is 5.32 Å². The van der Waals surface area contributed by atoms with Gasteiger partial charge in [0, 0.05) is 18.4 Å². The molecule has 0 saturated heterocycles. The Bertz CT molecular complexity index is 356. The lowest BCUT2D eigenvalue weighted by Crippen LogP contribution is -2.24. The average molecular weight is 246 g/mol. The van der Waals surface area contributed by atoms with Crippen molar-refractivity contribution in [3.63, 3.8) is 0 Å². The van der Waals surface area contributed by atoms with E-state index in [1.54, 1.807) is 0 Å². The summed E-state index contributed by atoms with van der Waals surface area (Å²) in [7, 11) is 0. The lowest BCUT2D eigenvalue weighted by atomic mass is 9.92. The van der Waals surface area contributed by atoms with E-state index in [1.807, 2.05) is 12.4 Å². The van der Waals surface area contributed by atoms with Gasteiger partial charge in [0.2, 0.25) is 0 Å². The van der Waals surface area contributed by atoms with Crippen molar-refractivity contribution in [2.45, 2.75) is 58.4 Å². The van der Waals surface area contributed by atoms with E-state index in [1.165, 1.54) is 49.7 Å². The lowest BCUT2D eigenvalue weighted by molar-refractivity contribution is 0.394. The summed E-state index contributed by atoms with van der Waals surface area (Å²) in [5.41, 5.74) is 2.77. The van der Waals surface area contributed by atoms with Crippen molar-refractivity contribution in [1.29, 1.82) is 0 Å². The topological polar surface area (TPSA) is 24.9 Å². The van der Waals surface area contributed by atoms with Crippen molar-refractivity contribution in [1.82, 2.24) is 10.3 Å². The molecule has 1 aliphatic rings. The highest BCUT2D eigenvalue weighted by Gasteiger charge is 2.21. The van der Waals surface area contributed by atoms with Crippen LogP contribution in [0.4, 0.5) is 0 Å². The maximum atomic E-state index is 4.21. The molecule has 1 heterocycles. The highest BCUT2D eigenvalue weighted by Crippen LogP contribution is 2.33. The molecule has 2 nitrogen and oxygen atoms in total. The summed E-state index contributed by atoms with van der Waals surface area (Å²) in [4.78, 5) is 4.21. The second-order valence-corrected chi connectivity index (χ2v) is 5.63. The minimum Gasteiger partial charge on any atom is -0.310 e. The molecule has 1 atom stereocenters. The molecule has 2 rings (SSSR count).